The average molecular weight is 256 g/mol. The lowest BCUT2D eigenvalue weighted by Crippen LogP contribution is -2.35. The Kier molecular flexibility index (Phi) is 5.38. The number of halogens is 1. The smallest absolute Gasteiger partial charge is 0.321 e. The minimum Gasteiger partial charge on any atom is -0.504 e. The number of phenolic OH excluding ortho intramolecular Hbond substituents is 1. The topological polar surface area (TPSA) is 78.8 Å². The fraction of sp³-hybridized carbons (Fsp3) is 0.417. The van der Waals surface area contributed by atoms with Crippen LogP contribution in [0, 0.1) is 0 Å². The Hall–Kier alpha value is -1.82. The van der Waals surface area contributed by atoms with E-state index >= 15 is 0 Å². The lowest BCUT2D eigenvalue weighted by atomic mass is 10.1. The van der Waals surface area contributed by atoms with Crippen LogP contribution < -0.4 is 10.1 Å². The van der Waals surface area contributed by atoms with Gasteiger partial charge in [0.15, 0.2) is 11.5 Å². The van der Waals surface area contributed by atoms with Crippen molar-refractivity contribution in [1.82, 2.24) is 5.32 Å². The maximum atomic E-state index is 12.0. The molecule has 100 valence electrons. The standard InChI is InChI=1S/C12H16FNO4/c1-14-9(12(16)17)6-8-2-3-10(15)11(7-8)18-5-4-13/h2-3,7,9,14-15H,4-6H2,1H3,(H,16,17)/t9-/m0/s1/i13-1. The van der Waals surface area contributed by atoms with Crippen LogP contribution >= 0.6 is 0 Å². The molecule has 18 heavy (non-hydrogen) atoms. The fourth-order valence-electron chi connectivity index (χ4n) is 1.50. The Balaban J connectivity index is 2.80. The van der Waals surface area contributed by atoms with Crippen LogP contribution in [0.15, 0.2) is 18.2 Å². The van der Waals surface area contributed by atoms with Gasteiger partial charge in [-0.2, -0.15) is 0 Å². The lowest BCUT2D eigenvalue weighted by Gasteiger charge is -2.13. The van der Waals surface area contributed by atoms with Crippen molar-refractivity contribution in [2.45, 2.75) is 12.5 Å². The first kappa shape index (κ1) is 14.2. The number of hydrogen-bond acceptors (Lipinski definition) is 4. The van der Waals surface area contributed by atoms with Gasteiger partial charge in [-0.05, 0) is 31.2 Å². The van der Waals surface area contributed by atoms with E-state index in [0.29, 0.717) is 5.56 Å². The van der Waals surface area contributed by atoms with Gasteiger partial charge in [-0.3, -0.25) is 4.79 Å². The number of carbonyl (C=O) groups is 1. The average Bonchev–Trinajstić information content (AvgIpc) is 2.35. The number of benzene rings is 1. The number of carboxylic acids is 1. The van der Waals surface area contributed by atoms with Gasteiger partial charge in [-0.1, -0.05) is 6.07 Å². The molecule has 0 aliphatic rings. The van der Waals surface area contributed by atoms with E-state index in [9.17, 15) is 14.3 Å². The van der Waals surface area contributed by atoms with Crippen LogP contribution in [0.25, 0.3) is 0 Å². The van der Waals surface area contributed by atoms with E-state index in [1.807, 2.05) is 0 Å². The summed E-state index contributed by atoms with van der Waals surface area (Å²) in [5, 5.41) is 21.1. The number of hydrogen-bond donors (Lipinski definition) is 3. The van der Waals surface area contributed by atoms with Gasteiger partial charge in [0, 0.05) is 0 Å². The van der Waals surface area contributed by atoms with Gasteiger partial charge in [0.1, 0.15) is 19.3 Å². The SMILES string of the molecule is CN[C@@H](Cc1ccc(O)c(OCC[18F])c1)C(=O)O. The Morgan fingerprint density at radius 1 is 1.56 bits per heavy atom. The zero-order valence-electron chi connectivity index (χ0n) is 10.0. The molecule has 0 aliphatic heterocycles. The number of ether oxygens (including phenoxy) is 1. The number of aliphatic carboxylic acids is 1. The summed E-state index contributed by atoms with van der Waals surface area (Å²) in [5.41, 5.74) is 0.684. The zero-order chi connectivity index (χ0) is 13.5. The lowest BCUT2D eigenvalue weighted by molar-refractivity contribution is -0.139. The first-order chi connectivity index (χ1) is 8.58. The maximum absolute atomic E-state index is 12.0. The second-order valence-electron chi connectivity index (χ2n) is 3.72. The minimum atomic E-state index is -0.961. The molecule has 1 aromatic carbocycles. The number of rotatable bonds is 7. The van der Waals surface area contributed by atoms with E-state index in [0.717, 1.165) is 0 Å². The van der Waals surface area contributed by atoms with E-state index in [1.54, 1.807) is 13.1 Å². The Bertz CT molecular complexity index is 411. The normalized spacial score (nSPS) is 12.1. The molecular formula is C12H16FNO4. The van der Waals surface area contributed by atoms with Crippen LogP contribution in [-0.2, 0) is 11.2 Å². The van der Waals surface area contributed by atoms with E-state index < -0.39 is 18.7 Å². The molecule has 0 aliphatic carbocycles. The van der Waals surface area contributed by atoms with Crippen molar-refractivity contribution in [2.75, 3.05) is 20.3 Å². The molecule has 0 amide bonds. The molecule has 1 rings (SSSR count). The van der Waals surface area contributed by atoms with Gasteiger partial charge in [-0.25, -0.2) is 4.39 Å². The van der Waals surface area contributed by atoms with Gasteiger partial charge in [0.05, 0.1) is 0 Å². The fourth-order valence-corrected chi connectivity index (χ4v) is 1.50. The van der Waals surface area contributed by atoms with Crippen LogP contribution in [-0.4, -0.2) is 42.6 Å². The van der Waals surface area contributed by atoms with Crippen molar-refractivity contribution in [2.24, 2.45) is 0 Å². The largest absolute Gasteiger partial charge is 0.504 e. The van der Waals surface area contributed by atoms with E-state index in [4.69, 9.17) is 9.84 Å². The number of carboxylic acid groups (broad SMARTS) is 1. The van der Waals surface area contributed by atoms with Gasteiger partial charge < -0.3 is 20.3 Å². The predicted octanol–water partition coefficient (Wildman–Crippen LogP) is 0.956. The first-order valence-corrected chi connectivity index (χ1v) is 5.49. The molecule has 0 heterocycles. The zero-order valence-corrected chi connectivity index (χ0v) is 10.0. The molecule has 0 spiro atoms. The minimum absolute atomic E-state index is 0.0940. The van der Waals surface area contributed by atoms with Gasteiger partial charge in [-0.15, -0.1) is 0 Å². The number of nitrogens with one attached hydrogen (secondary N) is 1. The van der Waals surface area contributed by atoms with Crippen molar-refractivity contribution in [3.8, 4) is 11.5 Å². The van der Waals surface area contributed by atoms with Gasteiger partial charge in [0.2, 0.25) is 0 Å². The molecule has 0 bridgehead atoms. The third kappa shape index (κ3) is 3.89. The Morgan fingerprint density at radius 2 is 2.28 bits per heavy atom. The van der Waals surface area contributed by atoms with Crippen molar-refractivity contribution in [1.29, 1.82) is 0 Å². The van der Waals surface area contributed by atoms with Crippen LogP contribution in [0.3, 0.4) is 0 Å². The van der Waals surface area contributed by atoms with Crippen molar-refractivity contribution >= 4 is 5.97 Å². The number of alkyl halides is 1. The quantitative estimate of drug-likeness (QED) is 0.677. The number of aromatic hydroxyl groups is 1. The molecular weight excluding hydrogens is 240 g/mol. The highest BCUT2D eigenvalue weighted by molar-refractivity contribution is 5.73. The Labute approximate surface area is 104 Å². The van der Waals surface area contributed by atoms with E-state index in [1.165, 1.54) is 12.1 Å². The van der Waals surface area contributed by atoms with Gasteiger partial charge >= 0.3 is 5.97 Å². The number of likely N-dealkylation sites (N-methyl/N-ethyl adjacent to an activating group) is 1. The van der Waals surface area contributed by atoms with Crippen molar-refractivity contribution in [3.63, 3.8) is 0 Å². The van der Waals surface area contributed by atoms with E-state index in [-0.39, 0.29) is 24.5 Å². The van der Waals surface area contributed by atoms with Crippen molar-refractivity contribution < 1.29 is 24.1 Å². The maximum Gasteiger partial charge on any atom is 0.321 e. The van der Waals surface area contributed by atoms with E-state index in [2.05, 4.69) is 5.32 Å². The molecule has 0 radical (unpaired) electrons. The molecule has 0 unspecified atom stereocenters. The Morgan fingerprint density at radius 3 is 2.83 bits per heavy atom. The molecule has 3 N–H and O–H groups in total. The van der Waals surface area contributed by atoms with Crippen LogP contribution in [0.5, 0.6) is 11.5 Å². The highest BCUT2D eigenvalue weighted by Gasteiger charge is 2.16. The molecule has 0 saturated heterocycles. The second kappa shape index (κ2) is 6.80. The third-order valence-electron chi connectivity index (χ3n) is 2.45. The number of phenols is 1. The summed E-state index contributed by atoms with van der Waals surface area (Å²) in [6.45, 7) is -0.802. The molecule has 6 heteroatoms. The summed E-state index contributed by atoms with van der Waals surface area (Å²) in [7, 11) is 1.56. The molecule has 0 saturated carbocycles. The monoisotopic (exact) mass is 256 g/mol. The third-order valence-corrected chi connectivity index (χ3v) is 2.45. The summed E-state index contributed by atoms with van der Waals surface area (Å²) in [6.07, 6.45) is 0.248. The van der Waals surface area contributed by atoms with Crippen LogP contribution in [0.1, 0.15) is 5.56 Å². The summed E-state index contributed by atoms with van der Waals surface area (Å²) in [6, 6.07) is 3.80. The summed E-state index contributed by atoms with van der Waals surface area (Å²) in [5.74, 6) is -0.897. The molecule has 0 fully saturated rings. The highest BCUT2D eigenvalue weighted by atomic mass is 18.2. The molecule has 5 nitrogen and oxygen atoms in total. The van der Waals surface area contributed by atoms with Crippen molar-refractivity contribution in [3.05, 3.63) is 23.8 Å². The van der Waals surface area contributed by atoms with Crippen LogP contribution in [0.4, 0.5) is 4.39 Å². The first-order valence-electron chi connectivity index (χ1n) is 5.49. The second-order valence-corrected chi connectivity index (χ2v) is 3.72. The summed E-state index contributed by atoms with van der Waals surface area (Å²) >= 11 is 0. The highest BCUT2D eigenvalue weighted by Crippen LogP contribution is 2.27. The molecule has 1 atom stereocenters. The summed E-state index contributed by atoms with van der Waals surface area (Å²) < 4.78 is 17.0. The summed E-state index contributed by atoms with van der Waals surface area (Å²) in [4.78, 5) is 10.9. The van der Waals surface area contributed by atoms with Gasteiger partial charge in [0.25, 0.3) is 0 Å². The molecule has 0 aromatic heterocycles. The van der Waals surface area contributed by atoms with Crippen LogP contribution in [0.2, 0.25) is 0 Å². The molecule has 1 aromatic rings. The predicted molar refractivity (Wildman–Crippen MR) is 63.8 cm³/mol.